The first kappa shape index (κ1) is 15.6. The van der Waals surface area contributed by atoms with Crippen molar-refractivity contribution >= 4 is 6.09 Å². The molecular formula is C15H28N2O3. The summed E-state index contributed by atoms with van der Waals surface area (Å²) in [7, 11) is 0. The van der Waals surface area contributed by atoms with E-state index >= 15 is 0 Å². The van der Waals surface area contributed by atoms with Crippen LogP contribution in [0.25, 0.3) is 0 Å². The molecule has 2 fully saturated rings. The first-order valence-corrected chi connectivity index (χ1v) is 7.63. The van der Waals surface area contributed by atoms with Gasteiger partial charge in [-0.2, -0.15) is 0 Å². The number of ether oxygens (including phenoxy) is 2. The van der Waals surface area contributed by atoms with Crippen molar-refractivity contribution in [3.63, 3.8) is 0 Å². The summed E-state index contributed by atoms with van der Waals surface area (Å²) in [4.78, 5) is 13.9. The van der Waals surface area contributed by atoms with Gasteiger partial charge >= 0.3 is 6.09 Å². The standard InChI is InChI=1S/C15H28N2O3/c1-14(2,3)20-13(18)17-8-6-15(7-9-17)5-4-12(10-16)19-11-15/h12H,4-11,16H2,1-3H3/t12-/m0/s1. The molecule has 1 amide bonds. The number of carbonyl (C=O) groups excluding carboxylic acids is 1. The molecule has 2 aliphatic heterocycles. The molecule has 0 unspecified atom stereocenters. The van der Waals surface area contributed by atoms with Gasteiger partial charge in [0.05, 0.1) is 12.7 Å². The van der Waals surface area contributed by atoms with Crippen LogP contribution in [-0.2, 0) is 9.47 Å². The first-order valence-electron chi connectivity index (χ1n) is 7.63. The van der Waals surface area contributed by atoms with E-state index in [1.807, 2.05) is 25.7 Å². The molecule has 1 atom stereocenters. The normalized spacial score (nSPS) is 26.6. The first-order chi connectivity index (χ1) is 9.34. The zero-order valence-electron chi connectivity index (χ0n) is 13.0. The number of nitrogens with two attached hydrogens (primary N) is 1. The number of carbonyl (C=O) groups is 1. The molecule has 0 aliphatic carbocycles. The molecule has 2 saturated heterocycles. The number of rotatable bonds is 1. The van der Waals surface area contributed by atoms with E-state index in [0.717, 1.165) is 45.4 Å². The summed E-state index contributed by atoms with van der Waals surface area (Å²) in [6, 6.07) is 0. The fourth-order valence-corrected chi connectivity index (χ4v) is 2.99. The summed E-state index contributed by atoms with van der Waals surface area (Å²) in [6.07, 6.45) is 4.25. The molecule has 0 radical (unpaired) electrons. The second kappa shape index (κ2) is 5.90. The molecular weight excluding hydrogens is 256 g/mol. The minimum Gasteiger partial charge on any atom is -0.444 e. The van der Waals surface area contributed by atoms with Crippen molar-refractivity contribution in [1.29, 1.82) is 0 Å². The maximum atomic E-state index is 12.0. The van der Waals surface area contributed by atoms with Crippen molar-refractivity contribution < 1.29 is 14.3 Å². The van der Waals surface area contributed by atoms with E-state index < -0.39 is 5.60 Å². The van der Waals surface area contributed by atoms with Crippen LogP contribution in [0.2, 0.25) is 0 Å². The smallest absolute Gasteiger partial charge is 0.410 e. The molecule has 2 heterocycles. The predicted molar refractivity (Wildman–Crippen MR) is 77.5 cm³/mol. The summed E-state index contributed by atoms with van der Waals surface area (Å²) in [6.45, 7) is 8.64. The van der Waals surface area contributed by atoms with Gasteiger partial charge in [0, 0.05) is 19.6 Å². The Bertz CT molecular complexity index is 334. The molecule has 5 heteroatoms. The van der Waals surface area contributed by atoms with Crippen molar-refractivity contribution in [3.05, 3.63) is 0 Å². The summed E-state index contributed by atoms with van der Waals surface area (Å²) in [5, 5.41) is 0. The minimum atomic E-state index is -0.422. The van der Waals surface area contributed by atoms with Crippen LogP contribution in [-0.4, -0.2) is 48.9 Å². The Morgan fingerprint density at radius 3 is 2.45 bits per heavy atom. The number of hydrogen-bond acceptors (Lipinski definition) is 4. The summed E-state index contributed by atoms with van der Waals surface area (Å²) >= 11 is 0. The van der Waals surface area contributed by atoms with Crippen LogP contribution in [0.5, 0.6) is 0 Å². The third-order valence-corrected chi connectivity index (χ3v) is 4.36. The zero-order valence-corrected chi connectivity index (χ0v) is 13.0. The van der Waals surface area contributed by atoms with Crippen molar-refractivity contribution in [1.82, 2.24) is 4.90 Å². The maximum absolute atomic E-state index is 12.0. The van der Waals surface area contributed by atoms with E-state index in [1.165, 1.54) is 0 Å². The Hall–Kier alpha value is -0.810. The zero-order chi connectivity index (χ0) is 14.8. The van der Waals surface area contributed by atoms with Gasteiger partial charge in [-0.25, -0.2) is 4.79 Å². The lowest BCUT2D eigenvalue weighted by molar-refractivity contribution is -0.0826. The van der Waals surface area contributed by atoms with Crippen LogP contribution < -0.4 is 5.73 Å². The van der Waals surface area contributed by atoms with E-state index in [9.17, 15) is 4.79 Å². The van der Waals surface area contributed by atoms with Crippen LogP contribution >= 0.6 is 0 Å². The van der Waals surface area contributed by atoms with Gasteiger partial charge in [-0.1, -0.05) is 0 Å². The molecule has 2 aliphatic rings. The van der Waals surface area contributed by atoms with Crippen LogP contribution in [0.15, 0.2) is 0 Å². The van der Waals surface area contributed by atoms with Crippen LogP contribution in [0.3, 0.4) is 0 Å². The quantitative estimate of drug-likeness (QED) is 0.801. The molecule has 0 saturated carbocycles. The molecule has 116 valence electrons. The predicted octanol–water partition coefficient (Wildman–Crippen LogP) is 2.14. The average Bonchev–Trinajstić information content (AvgIpc) is 2.38. The lowest BCUT2D eigenvalue weighted by atomic mass is 9.73. The van der Waals surface area contributed by atoms with E-state index in [-0.39, 0.29) is 17.6 Å². The van der Waals surface area contributed by atoms with Crippen LogP contribution in [0.1, 0.15) is 46.5 Å². The molecule has 2 N–H and O–H groups in total. The molecule has 20 heavy (non-hydrogen) atoms. The minimum absolute atomic E-state index is 0.191. The average molecular weight is 284 g/mol. The Labute approximate surface area is 121 Å². The van der Waals surface area contributed by atoms with Gasteiger partial charge in [0.2, 0.25) is 0 Å². The van der Waals surface area contributed by atoms with Gasteiger partial charge in [0.25, 0.3) is 0 Å². The van der Waals surface area contributed by atoms with E-state index in [2.05, 4.69) is 0 Å². The van der Waals surface area contributed by atoms with E-state index in [4.69, 9.17) is 15.2 Å². The number of piperidine rings is 1. The van der Waals surface area contributed by atoms with Gasteiger partial charge in [-0.15, -0.1) is 0 Å². The second-order valence-electron chi connectivity index (χ2n) is 7.17. The largest absolute Gasteiger partial charge is 0.444 e. The number of hydrogen-bond donors (Lipinski definition) is 1. The van der Waals surface area contributed by atoms with Gasteiger partial charge in [0.1, 0.15) is 5.60 Å². The van der Waals surface area contributed by atoms with Gasteiger partial charge in [-0.3, -0.25) is 0 Å². The number of amides is 1. The fourth-order valence-electron chi connectivity index (χ4n) is 2.99. The number of nitrogens with zero attached hydrogens (tertiary/aromatic N) is 1. The van der Waals surface area contributed by atoms with Crippen molar-refractivity contribution in [2.45, 2.75) is 58.2 Å². The summed E-state index contributed by atoms with van der Waals surface area (Å²) in [5.41, 5.74) is 5.48. The maximum Gasteiger partial charge on any atom is 0.410 e. The Balaban J connectivity index is 1.82. The second-order valence-corrected chi connectivity index (χ2v) is 7.17. The van der Waals surface area contributed by atoms with Gasteiger partial charge in [0.15, 0.2) is 0 Å². The Morgan fingerprint density at radius 2 is 2.00 bits per heavy atom. The van der Waals surface area contributed by atoms with Gasteiger partial charge < -0.3 is 20.1 Å². The number of likely N-dealkylation sites (tertiary alicyclic amines) is 1. The SMILES string of the molecule is CC(C)(C)OC(=O)N1CCC2(CC[C@@H](CN)OC2)CC1. The molecule has 0 aromatic heterocycles. The van der Waals surface area contributed by atoms with Crippen molar-refractivity contribution in [3.8, 4) is 0 Å². The summed E-state index contributed by atoms with van der Waals surface area (Å²) < 4.78 is 11.3. The van der Waals surface area contributed by atoms with Crippen molar-refractivity contribution in [2.75, 3.05) is 26.2 Å². The third kappa shape index (κ3) is 3.85. The molecule has 0 aromatic carbocycles. The van der Waals surface area contributed by atoms with Crippen LogP contribution in [0, 0.1) is 5.41 Å². The highest BCUT2D eigenvalue weighted by Gasteiger charge is 2.40. The Morgan fingerprint density at radius 1 is 1.35 bits per heavy atom. The molecule has 2 rings (SSSR count). The third-order valence-electron chi connectivity index (χ3n) is 4.36. The highest BCUT2D eigenvalue weighted by Crippen LogP contribution is 2.40. The molecule has 0 aromatic rings. The molecule has 0 bridgehead atoms. The summed E-state index contributed by atoms with van der Waals surface area (Å²) in [5.74, 6) is 0. The fraction of sp³-hybridized carbons (Fsp3) is 0.933. The topological polar surface area (TPSA) is 64.8 Å². The lowest BCUT2D eigenvalue weighted by Gasteiger charge is -2.45. The van der Waals surface area contributed by atoms with E-state index in [1.54, 1.807) is 0 Å². The molecule has 5 nitrogen and oxygen atoms in total. The van der Waals surface area contributed by atoms with Gasteiger partial charge in [-0.05, 0) is 51.9 Å². The van der Waals surface area contributed by atoms with E-state index in [0.29, 0.717) is 6.54 Å². The van der Waals surface area contributed by atoms with Crippen LogP contribution in [0.4, 0.5) is 4.79 Å². The van der Waals surface area contributed by atoms with Crippen molar-refractivity contribution in [2.24, 2.45) is 11.1 Å². The Kier molecular flexibility index (Phi) is 4.59. The highest BCUT2D eigenvalue weighted by molar-refractivity contribution is 5.68. The highest BCUT2D eigenvalue weighted by atomic mass is 16.6. The lowest BCUT2D eigenvalue weighted by Crippen LogP contribution is -2.49. The monoisotopic (exact) mass is 284 g/mol. The molecule has 1 spiro atoms.